The summed E-state index contributed by atoms with van der Waals surface area (Å²) in [7, 11) is 0. The van der Waals surface area contributed by atoms with E-state index in [9.17, 15) is 22.0 Å². The zero-order valence-electron chi connectivity index (χ0n) is 18.7. The molecule has 0 unspecified atom stereocenters. The van der Waals surface area contributed by atoms with Crippen molar-refractivity contribution in [2.45, 2.75) is 58.7 Å². The first-order valence-electron chi connectivity index (χ1n) is 11.4. The second kappa shape index (κ2) is 11.1. The molecule has 0 spiro atoms. The Morgan fingerprint density at radius 2 is 1.40 bits per heavy atom. The van der Waals surface area contributed by atoms with E-state index in [2.05, 4.69) is 11.7 Å². The minimum absolute atomic E-state index is 0. The van der Waals surface area contributed by atoms with E-state index in [1.807, 2.05) is 24.3 Å². The molecule has 188 valence electrons. The van der Waals surface area contributed by atoms with Gasteiger partial charge in [-0.1, -0.05) is 45.0 Å². The monoisotopic (exact) mass is 492 g/mol. The van der Waals surface area contributed by atoms with Crippen LogP contribution in [0.15, 0.2) is 60.7 Å². The Morgan fingerprint density at radius 3 is 1.97 bits per heavy atom. The lowest BCUT2D eigenvalue weighted by atomic mass is 9.77. The van der Waals surface area contributed by atoms with E-state index >= 15 is 0 Å². The first kappa shape index (κ1) is 26.5. The predicted molar refractivity (Wildman–Crippen MR) is 127 cm³/mol. The average Bonchev–Trinajstić information content (AvgIpc) is 2.83. The Morgan fingerprint density at radius 1 is 0.800 bits per heavy atom. The Kier molecular flexibility index (Phi) is 8.41. The zero-order chi connectivity index (χ0) is 24.3. The summed E-state index contributed by atoms with van der Waals surface area (Å²) in [6.45, 7) is 2.23. The summed E-state index contributed by atoms with van der Waals surface area (Å²) >= 11 is 0. The SMILES string of the molecule is C.CCC1CCC(c2ccc(-c3ccc(F)c(F)c3Oc3ccc(OC(F)(F)F)cc3)cc2)CC1. The van der Waals surface area contributed by atoms with Crippen molar-refractivity contribution >= 4 is 0 Å². The van der Waals surface area contributed by atoms with Crippen LogP contribution in [0.2, 0.25) is 0 Å². The quantitative estimate of drug-likeness (QED) is 0.319. The second-order valence-electron chi connectivity index (χ2n) is 8.61. The molecule has 3 aromatic rings. The Labute approximate surface area is 202 Å². The van der Waals surface area contributed by atoms with Crippen molar-refractivity contribution in [3.05, 3.63) is 77.9 Å². The van der Waals surface area contributed by atoms with Gasteiger partial charge in [0, 0.05) is 5.56 Å². The number of hydrogen-bond acceptors (Lipinski definition) is 2. The Hall–Kier alpha value is -3.09. The summed E-state index contributed by atoms with van der Waals surface area (Å²) in [4.78, 5) is 0. The first-order valence-corrected chi connectivity index (χ1v) is 11.4. The topological polar surface area (TPSA) is 18.5 Å². The molecule has 1 fully saturated rings. The molecule has 0 atom stereocenters. The maximum Gasteiger partial charge on any atom is 0.573 e. The molecule has 1 aliphatic rings. The number of benzene rings is 3. The molecule has 0 radical (unpaired) electrons. The smallest absolute Gasteiger partial charge is 0.454 e. The predicted octanol–water partition coefficient (Wildman–Crippen LogP) is 9.64. The summed E-state index contributed by atoms with van der Waals surface area (Å²) < 4.78 is 75.2. The fourth-order valence-electron chi connectivity index (χ4n) is 4.53. The molecule has 7 heteroatoms. The van der Waals surface area contributed by atoms with Crippen LogP contribution >= 0.6 is 0 Å². The van der Waals surface area contributed by atoms with Crippen molar-refractivity contribution in [2.24, 2.45) is 5.92 Å². The number of halogens is 5. The fraction of sp³-hybridized carbons (Fsp3) is 0.357. The van der Waals surface area contributed by atoms with E-state index in [1.54, 1.807) is 0 Å². The van der Waals surface area contributed by atoms with Gasteiger partial charge in [0.1, 0.15) is 11.5 Å². The van der Waals surface area contributed by atoms with Gasteiger partial charge in [-0.2, -0.15) is 4.39 Å². The molecular weight excluding hydrogens is 463 g/mol. The van der Waals surface area contributed by atoms with Crippen LogP contribution in [0, 0.1) is 17.6 Å². The van der Waals surface area contributed by atoms with Gasteiger partial charge in [-0.25, -0.2) is 4.39 Å². The molecule has 0 aliphatic heterocycles. The van der Waals surface area contributed by atoms with Crippen LogP contribution in [0.1, 0.15) is 57.9 Å². The average molecular weight is 493 g/mol. The normalized spacial score (nSPS) is 18.0. The van der Waals surface area contributed by atoms with E-state index in [0.717, 1.165) is 37.0 Å². The molecule has 4 rings (SSSR count). The van der Waals surface area contributed by atoms with Crippen molar-refractivity contribution in [3.8, 4) is 28.4 Å². The summed E-state index contributed by atoms with van der Waals surface area (Å²) in [5.74, 6) is -1.69. The second-order valence-corrected chi connectivity index (χ2v) is 8.61. The molecule has 0 aromatic heterocycles. The lowest BCUT2D eigenvalue weighted by Crippen LogP contribution is -2.16. The van der Waals surface area contributed by atoms with Gasteiger partial charge in [0.25, 0.3) is 0 Å². The Bertz CT molecular complexity index is 1100. The minimum Gasteiger partial charge on any atom is -0.454 e. The van der Waals surface area contributed by atoms with Crippen molar-refractivity contribution in [2.75, 3.05) is 0 Å². The van der Waals surface area contributed by atoms with Crippen molar-refractivity contribution in [1.82, 2.24) is 0 Å². The van der Waals surface area contributed by atoms with Gasteiger partial charge in [0.15, 0.2) is 11.6 Å². The van der Waals surface area contributed by atoms with E-state index < -0.39 is 23.7 Å². The first-order chi connectivity index (χ1) is 16.2. The molecule has 0 bridgehead atoms. The van der Waals surface area contributed by atoms with Crippen LogP contribution in [-0.2, 0) is 0 Å². The van der Waals surface area contributed by atoms with Crippen molar-refractivity contribution in [1.29, 1.82) is 0 Å². The summed E-state index contributed by atoms with van der Waals surface area (Å²) in [5, 5.41) is 0. The lowest BCUT2D eigenvalue weighted by molar-refractivity contribution is -0.274. The van der Waals surface area contributed by atoms with E-state index in [-0.39, 0.29) is 18.9 Å². The standard InChI is InChI=1S/C27H25F5O2.CH4/c1-2-17-3-5-18(6-4-17)19-7-9-20(10-8-19)23-15-16-24(28)25(29)26(23)33-21-11-13-22(14-12-21)34-27(30,31)32;/h7-18H,2-6H2,1H3;1H4. The number of alkyl halides is 3. The van der Waals surface area contributed by atoms with Crippen LogP contribution < -0.4 is 9.47 Å². The van der Waals surface area contributed by atoms with Crippen molar-refractivity contribution in [3.63, 3.8) is 0 Å². The maximum atomic E-state index is 14.7. The highest BCUT2D eigenvalue weighted by Gasteiger charge is 2.31. The molecule has 1 saturated carbocycles. The highest BCUT2D eigenvalue weighted by molar-refractivity contribution is 5.71. The number of ether oxygens (including phenoxy) is 2. The molecule has 0 N–H and O–H groups in total. The van der Waals surface area contributed by atoms with Crippen molar-refractivity contribution < 1.29 is 31.4 Å². The van der Waals surface area contributed by atoms with E-state index in [0.29, 0.717) is 17.0 Å². The summed E-state index contributed by atoms with van der Waals surface area (Å²) in [6, 6.07) is 14.7. The van der Waals surface area contributed by atoms with Gasteiger partial charge >= 0.3 is 6.36 Å². The molecule has 0 amide bonds. The number of hydrogen-bond donors (Lipinski definition) is 0. The van der Waals surface area contributed by atoms with Gasteiger partial charge in [0.05, 0.1) is 0 Å². The zero-order valence-corrected chi connectivity index (χ0v) is 18.7. The molecule has 3 aromatic carbocycles. The summed E-state index contributed by atoms with van der Waals surface area (Å²) in [6.07, 6.45) is 1.11. The number of rotatable bonds is 6. The third kappa shape index (κ3) is 6.53. The molecule has 0 saturated heterocycles. The van der Waals surface area contributed by atoms with E-state index in [4.69, 9.17) is 4.74 Å². The molecule has 2 nitrogen and oxygen atoms in total. The fourth-order valence-corrected chi connectivity index (χ4v) is 4.53. The van der Waals surface area contributed by atoms with Gasteiger partial charge in [-0.05, 0) is 85.0 Å². The lowest BCUT2D eigenvalue weighted by Gasteiger charge is -2.28. The van der Waals surface area contributed by atoms with Crippen LogP contribution in [0.3, 0.4) is 0 Å². The van der Waals surface area contributed by atoms with E-state index in [1.165, 1.54) is 43.0 Å². The third-order valence-electron chi connectivity index (χ3n) is 6.44. The summed E-state index contributed by atoms with van der Waals surface area (Å²) in [5.41, 5.74) is 2.22. The highest BCUT2D eigenvalue weighted by Crippen LogP contribution is 2.40. The third-order valence-corrected chi connectivity index (χ3v) is 6.44. The molecule has 0 heterocycles. The van der Waals surface area contributed by atoms with Crippen LogP contribution in [-0.4, -0.2) is 6.36 Å². The van der Waals surface area contributed by atoms with Gasteiger partial charge in [0.2, 0.25) is 5.82 Å². The van der Waals surface area contributed by atoms with Gasteiger partial charge < -0.3 is 9.47 Å². The minimum atomic E-state index is -4.83. The van der Waals surface area contributed by atoms with Crippen LogP contribution in [0.5, 0.6) is 17.2 Å². The molecular formula is C28H29F5O2. The van der Waals surface area contributed by atoms with Crippen LogP contribution in [0.25, 0.3) is 11.1 Å². The molecule has 35 heavy (non-hydrogen) atoms. The Balaban J connectivity index is 0.00000342. The largest absolute Gasteiger partial charge is 0.573 e. The van der Waals surface area contributed by atoms with Gasteiger partial charge in [-0.15, -0.1) is 13.2 Å². The highest BCUT2D eigenvalue weighted by atomic mass is 19.4. The molecule has 1 aliphatic carbocycles. The van der Waals surface area contributed by atoms with Crippen LogP contribution in [0.4, 0.5) is 22.0 Å². The maximum absolute atomic E-state index is 14.7. The van der Waals surface area contributed by atoms with Gasteiger partial charge in [-0.3, -0.25) is 0 Å².